The lowest BCUT2D eigenvalue weighted by atomic mass is 10.2. The molecule has 0 radical (unpaired) electrons. The number of hydrogen-bond acceptors (Lipinski definition) is 4. The average molecular weight is 288 g/mol. The van der Waals surface area contributed by atoms with E-state index in [4.69, 9.17) is 4.74 Å². The van der Waals surface area contributed by atoms with E-state index in [0.29, 0.717) is 13.2 Å². The number of benzene rings is 1. The Labute approximate surface area is 127 Å². The first-order chi connectivity index (χ1) is 10.3. The first-order valence-corrected chi connectivity index (χ1v) is 7.60. The molecule has 1 aliphatic heterocycles. The van der Waals surface area contributed by atoms with Crippen LogP contribution in [0.25, 0.3) is 6.08 Å². The summed E-state index contributed by atoms with van der Waals surface area (Å²) in [6, 6.07) is 10.3. The van der Waals surface area contributed by atoms with Crippen LogP contribution in [0.4, 0.5) is 0 Å². The van der Waals surface area contributed by atoms with Gasteiger partial charge in [0, 0.05) is 32.7 Å². The van der Waals surface area contributed by atoms with Gasteiger partial charge >= 0.3 is 5.97 Å². The molecule has 114 valence electrons. The Morgan fingerprint density at radius 2 is 1.81 bits per heavy atom. The van der Waals surface area contributed by atoms with Gasteiger partial charge < -0.3 is 4.74 Å². The van der Waals surface area contributed by atoms with Gasteiger partial charge in [-0.3, -0.25) is 14.6 Å². The molecule has 0 atom stereocenters. The largest absolute Gasteiger partial charge is 0.465 e. The Bertz CT molecular complexity index is 451. The fourth-order valence-electron chi connectivity index (χ4n) is 2.42. The van der Waals surface area contributed by atoms with Gasteiger partial charge in [-0.25, -0.2) is 0 Å². The third-order valence-corrected chi connectivity index (χ3v) is 3.60. The van der Waals surface area contributed by atoms with Crippen molar-refractivity contribution < 1.29 is 9.53 Å². The minimum Gasteiger partial charge on any atom is -0.465 e. The Balaban J connectivity index is 1.67. The summed E-state index contributed by atoms with van der Waals surface area (Å²) in [4.78, 5) is 16.0. The number of carbonyl (C=O) groups is 1. The fourth-order valence-corrected chi connectivity index (χ4v) is 2.42. The first kappa shape index (κ1) is 15.7. The second-order valence-electron chi connectivity index (χ2n) is 5.19. The zero-order valence-corrected chi connectivity index (χ0v) is 12.7. The molecule has 21 heavy (non-hydrogen) atoms. The summed E-state index contributed by atoms with van der Waals surface area (Å²) in [5, 5.41) is 0. The summed E-state index contributed by atoms with van der Waals surface area (Å²) in [5.74, 6) is -0.116. The van der Waals surface area contributed by atoms with Crippen molar-refractivity contribution in [2.24, 2.45) is 0 Å². The monoisotopic (exact) mass is 288 g/mol. The molecule has 1 heterocycles. The number of ether oxygens (including phenoxy) is 1. The Morgan fingerprint density at radius 3 is 2.48 bits per heavy atom. The van der Waals surface area contributed by atoms with E-state index >= 15 is 0 Å². The molecule has 1 aromatic rings. The molecule has 0 saturated carbocycles. The minimum absolute atomic E-state index is 0.116. The predicted octanol–water partition coefficient (Wildman–Crippen LogP) is 1.88. The van der Waals surface area contributed by atoms with E-state index in [0.717, 1.165) is 32.7 Å². The molecule has 0 aliphatic carbocycles. The molecule has 1 aromatic carbocycles. The Hall–Kier alpha value is -1.65. The van der Waals surface area contributed by atoms with Crippen LogP contribution in [-0.4, -0.2) is 61.6 Å². The molecular formula is C17H24N2O2. The van der Waals surface area contributed by atoms with E-state index in [9.17, 15) is 4.79 Å². The van der Waals surface area contributed by atoms with Gasteiger partial charge in [0.05, 0.1) is 13.2 Å². The number of esters is 1. The van der Waals surface area contributed by atoms with Gasteiger partial charge in [0.15, 0.2) is 0 Å². The van der Waals surface area contributed by atoms with Crippen LogP contribution in [0.3, 0.4) is 0 Å². The van der Waals surface area contributed by atoms with Gasteiger partial charge in [-0.1, -0.05) is 42.5 Å². The SMILES string of the molecule is CCOC(=O)CN1CCN(C/C=C/c2ccccc2)CC1. The molecule has 0 aromatic heterocycles. The highest BCUT2D eigenvalue weighted by molar-refractivity contribution is 5.71. The van der Waals surface area contributed by atoms with Gasteiger partial charge in [-0.2, -0.15) is 0 Å². The number of carbonyl (C=O) groups excluding carboxylic acids is 1. The molecular weight excluding hydrogens is 264 g/mol. The van der Waals surface area contributed by atoms with Crippen LogP contribution in [0.2, 0.25) is 0 Å². The molecule has 0 unspecified atom stereocenters. The van der Waals surface area contributed by atoms with Gasteiger partial charge in [0.25, 0.3) is 0 Å². The van der Waals surface area contributed by atoms with Crippen LogP contribution in [0.15, 0.2) is 36.4 Å². The number of piperazine rings is 1. The van der Waals surface area contributed by atoms with Crippen molar-refractivity contribution in [2.45, 2.75) is 6.92 Å². The van der Waals surface area contributed by atoms with Gasteiger partial charge in [-0.15, -0.1) is 0 Å². The van der Waals surface area contributed by atoms with Crippen LogP contribution in [0, 0.1) is 0 Å². The number of rotatable bonds is 6. The first-order valence-electron chi connectivity index (χ1n) is 7.60. The summed E-state index contributed by atoms with van der Waals surface area (Å²) in [7, 11) is 0. The lowest BCUT2D eigenvalue weighted by molar-refractivity contribution is -0.144. The highest BCUT2D eigenvalue weighted by Crippen LogP contribution is 2.04. The van der Waals surface area contributed by atoms with Crippen molar-refractivity contribution in [3.63, 3.8) is 0 Å². The van der Waals surface area contributed by atoms with Gasteiger partial charge in [-0.05, 0) is 12.5 Å². The van der Waals surface area contributed by atoms with Crippen LogP contribution >= 0.6 is 0 Å². The van der Waals surface area contributed by atoms with Crippen LogP contribution in [0.1, 0.15) is 12.5 Å². The minimum atomic E-state index is -0.116. The highest BCUT2D eigenvalue weighted by Gasteiger charge is 2.18. The molecule has 4 heteroatoms. The van der Waals surface area contributed by atoms with E-state index in [1.807, 2.05) is 25.1 Å². The zero-order chi connectivity index (χ0) is 14.9. The summed E-state index contributed by atoms with van der Waals surface area (Å²) >= 11 is 0. The maximum atomic E-state index is 11.4. The summed E-state index contributed by atoms with van der Waals surface area (Å²) in [6.45, 7) is 7.54. The van der Waals surface area contributed by atoms with Gasteiger partial charge in [0.2, 0.25) is 0 Å². The number of nitrogens with zero attached hydrogens (tertiary/aromatic N) is 2. The highest BCUT2D eigenvalue weighted by atomic mass is 16.5. The standard InChI is InChI=1S/C17H24N2O2/c1-2-21-17(20)15-19-13-11-18(12-14-19)10-6-9-16-7-4-3-5-8-16/h3-9H,2,10-15H2,1H3/b9-6+. The maximum absolute atomic E-state index is 11.4. The summed E-state index contributed by atoms with van der Waals surface area (Å²) in [6.07, 6.45) is 4.36. The molecule has 1 fully saturated rings. The topological polar surface area (TPSA) is 32.8 Å². The van der Waals surface area contributed by atoms with Crippen molar-refractivity contribution in [2.75, 3.05) is 45.9 Å². The van der Waals surface area contributed by atoms with E-state index in [1.165, 1.54) is 5.56 Å². The molecule has 0 spiro atoms. The second-order valence-corrected chi connectivity index (χ2v) is 5.19. The molecule has 4 nitrogen and oxygen atoms in total. The van der Waals surface area contributed by atoms with Crippen molar-refractivity contribution in [3.8, 4) is 0 Å². The van der Waals surface area contributed by atoms with E-state index in [1.54, 1.807) is 0 Å². The van der Waals surface area contributed by atoms with Crippen LogP contribution in [-0.2, 0) is 9.53 Å². The Kier molecular flexibility index (Phi) is 6.44. The maximum Gasteiger partial charge on any atom is 0.320 e. The average Bonchev–Trinajstić information content (AvgIpc) is 2.50. The van der Waals surface area contributed by atoms with Crippen molar-refractivity contribution in [1.82, 2.24) is 9.80 Å². The quantitative estimate of drug-likeness (QED) is 0.748. The van der Waals surface area contributed by atoms with E-state index in [2.05, 4.69) is 34.1 Å². The van der Waals surface area contributed by atoms with E-state index < -0.39 is 0 Å². The van der Waals surface area contributed by atoms with Crippen molar-refractivity contribution >= 4 is 12.0 Å². The lowest BCUT2D eigenvalue weighted by Crippen LogP contribution is -2.48. The third-order valence-electron chi connectivity index (χ3n) is 3.60. The zero-order valence-electron chi connectivity index (χ0n) is 12.7. The van der Waals surface area contributed by atoms with Crippen molar-refractivity contribution in [3.05, 3.63) is 42.0 Å². The fraction of sp³-hybridized carbons (Fsp3) is 0.471. The molecule has 0 N–H and O–H groups in total. The van der Waals surface area contributed by atoms with E-state index in [-0.39, 0.29) is 5.97 Å². The third kappa shape index (κ3) is 5.69. The lowest BCUT2D eigenvalue weighted by Gasteiger charge is -2.33. The Morgan fingerprint density at radius 1 is 1.14 bits per heavy atom. The second kappa shape index (κ2) is 8.60. The molecule has 1 saturated heterocycles. The number of hydrogen-bond donors (Lipinski definition) is 0. The molecule has 2 rings (SSSR count). The van der Waals surface area contributed by atoms with Crippen LogP contribution < -0.4 is 0 Å². The molecule has 0 bridgehead atoms. The summed E-state index contributed by atoms with van der Waals surface area (Å²) in [5.41, 5.74) is 1.23. The van der Waals surface area contributed by atoms with Crippen molar-refractivity contribution in [1.29, 1.82) is 0 Å². The smallest absolute Gasteiger partial charge is 0.320 e. The molecule has 0 amide bonds. The predicted molar refractivity (Wildman–Crippen MR) is 85.0 cm³/mol. The van der Waals surface area contributed by atoms with Crippen LogP contribution in [0.5, 0.6) is 0 Å². The van der Waals surface area contributed by atoms with Gasteiger partial charge in [0.1, 0.15) is 0 Å². The molecule has 1 aliphatic rings. The summed E-state index contributed by atoms with van der Waals surface area (Å²) < 4.78 is 4.98. The normalized spacial score (nSPS) is 17.2.